The second kappa shape index (κ2) is 6.34. The second-order valence-corrected chi connectivity index (χ2v) is 6.52. The zero-order valence-corrected chi connectivity index (χ0v) is 13.7. The molecule has 4 heteroatoms. The number of nitrogens with one attached hydrogen (secondary N) is 1. The molecule has 0 saturated heterocycles. The summed E-state index contributed by atoms with van der Waals surface area (Å²) in [4.78, 5) is 5.48. The van der Waals surface area contributed by atoms with Gasteiger partial charge >= 0.3 is 0 Å². The topological polar surface area (TPSA) is 45.1 Å². The van der Waals surface area contributed by atoms with Gasteiger partial charge in [-0.25, -0.2) is 0 Å². The van der Waals surface area contributed by atoms with E-state index in [0.717, 1.165) is 21.5 Å². The Kier molecular flexibility index (Phi) is 3.89. The first kappa shape index (κ1) is 14.7. The minimum Gasteiger partial charge on any atom is -0.505 e. The van der Waals surface area contributed by atoms with Crippen molar-refractivity contribution in [2.45, 2.75) is 6.04 Å². The van der Waals surface area contributed by atoms with Crippen molar-refractivity contribution in [1.29, 1.82) is 0 Å². The Bertz CT molecular complexity index is 952. The van der Waals surface area contributed by atoms with Crippen LogP contribution in [0.1, 0.15) is 16.5 Å². The van der Waals surface area contributed by atoms with Crippen LogP contribution >= 0.6 is 11.3 Å². The molecule has 1 atom stereocenters. The lowest BCUT2D eigenvalue weighted by molar-refractivity contribution is 0.472. The van der Waals surface area contributed by atoms with Crippen LogP contribution < -0.4 is 5.32 Å². The summed E-state index contributed by atoms with van der Waals surface area (Å²) < 4.78 is 0. The molecule has 0 radical (unpaired) electrons. The maximum absolute atomic E-state index is 10.8. The number of fused-ring (bicyclic) bond motifs is 1. The minimum atomic E-state index is -0.126. The van der Waals surface area contributed by atoms with E-state index < -0.39 is 0 Å². The number of aromatic nitrogens is 1. The number of rotatable bonds is 4. The van der Waals surface area contributed by atoms with Crippen LogP contribution in [0.15, 0.2) is 78.3 Å². The zero-order valence-electron chi connectivity index (χ0n) is 12.9. The Morgan fingerprint density at radius 1 is 0.917 bits per heavy atom. The van der Waals surface area contributed by atoms with Crippen LogP contribution in [0.2, 0.25) is 0 Å². The zero-order chi connectivity index (χ0) is 16.4. The molecule has 4 aromatic rings. The highest BCUT2D eigenvalue weighted by molar-refractivity contribution is 7.10. The van der Waals surface area contributed by atoms with Gasteiger partial charge in [-0.3, -0.25) is 4.98 Å². The fraction of sp³-hybridized carbons (Fsp3) is 0.0500. The molecule has 0 spiro atoms. The summed E-state index contributed by atoms with van der Waals surface area (Å²) in [5, 5.41) is 17.3. The van der Waals surface area contributed by atoms with E-state index in [4.69, 9.17) is 0 Å². The number of anilines is 1. The lowest BCUT2D eigenvalue weighted by Crippen LogP contribution is -2.11. The van der Waals surface area contributed by atoms with Crippen LogP contribution in [0.4, 0.5) is 5.69 Å². The van der Waals surface area contributed by atoms with Gasteiger partial charge in [0.2, 0.25) is 0 Å². The van der Waals surface area contributed by atoms with Gasteiger partial charge in [-0.15, -0.1) is 11.3 Å². The first-order valence-electron chi connectivity index (χ1n) is 7.74. The number of thiophene rings is 1. The second-order valence-electron chi connectivity index (χ2n) is 5.54. The maximum Gasteiger partial charge on any atom is 0.147 e. The van der Waals surface area contributed by atoms with E-state index in [1.165, 1.54) is 0 Å². The Morgan fingerprint density at radius 3 is 2.58 bits per heavy atom. The summed E-state index contributed by atoms with van der Waals surface area (Å²) in [6, 6.07) is 21.8. The third kappa shape index (κ3) is 2.72. The van der Waals surface area contributed by atoms with E-state index in [0.29, 0.717) is 5.52 Å². The molecule has 4 rings (SSSR count). The van der Waals surface area contributed by atoms with E-state index in [9.17, 15) is 5.11 Å². The Balaban J connectivity index is 1.83. The predicted molar refractivity (Wildman–Crippen MR) is 99.6 cm³/mol. The smallest absolute Gasteiger partial charge is 0.147 e. The maximum atomic E-state index is 10.8. The normalized spacial score (nSPS) is 12.2. The molecule has 0 aliphatic carbocycles. The van der Waals surface area contributed by atoms with Crippen LogP contribution in [0.25, 0.3) is 10.9 Å². The van der Waals surface area contributed by atoms with E-state index in [-0.39, 0.29) is 11.8 Å². The SMILES string of the molecule is Oc1c(C(Nc2ccccc2)c2cccs2)ccc2cccnc12. The molecule has 118 valence electrons. The van der Waals surface area contributed by atoms with Gasteiger partial charge in [0, 0.05) is 27.7 Å². The van der Waals surface area contributed by atoms with Gasteiger partial charge < -0.3 is 10.4 Å². The van der Waals surface area contributed by atoms with Crippen molar-refractivity contribution in [3.63, 3.8) is 0 Å². The number of nitrogens with zero attached hydrogens (tertiary/aromatic N) is 1. The molecule has 3 nitrogen and oxygen atoms in total. The van der Waals surface area contributed by atoms with Crippen LogP contribution in [0.3, 0.4) is 0 Å². The van der Waals surface area contributed by atoms with Gasteiger partial charge in [-0.1, -0.05) is 42.5 Å². The van der Waals surface area contributed by atoms with Crippen molar-refractivity contribution in [2.24, 2.45) is 0 Å². The first-order valence-corrected chi connectivity index (χ1v) is 8.62. The first-order chi connectivity index (χ1) is 11.8. The monoisotopic (exact) mass is 332 g/mol. The van der Waals surface area contributed by atoms with Crippen molar-refractivity contribution < 1.29 is 5.11 Å². The lowest BCUT2D eigenvalue weighted by Gasteiger charge is -2.21. The number of phenols is 1. The number of para-hydroxylation sites is 1. The third-order valence-electron chi connectivity index (χ3n) is 4.00. The molecule has 0 fully saturated rings. The summed E-state index contributed by atoms with van der Waals surface area (Å²) in [5.41, 5.74) is 2.47. The Morgan fingerprint density at radius 2 is 1.79 bits per heavy atom. The van der Waals surface area contributed by atoms with Gasteiger partial charge in [-0.2, -0.15) is 0 Å². The van der Waals surface area contributed by atoms with E-state index in [1.54, 1.807) is 17.5 Å². The lowest BCUT2D eigenvalue weighted by atomic mass is 10.0. The van der Waals surface area contributed by atoms with Crippen LogP contribution in [0.5, 0.6) is 5.75 Å². The van der Waals surface area contributed by atoms with E-state index in [1.807, 2.05) is 66.0 Å². The summed E-state index contributed by atoms with van der Waals surface area (Å²) in [6.07, 6.45) is 1.70. The molecule has 0 amide bonds. The fourth-order valence-corrected chi connectivity index (χ4v) is 3.63. The molecule has 2 aromatic heterocycles. The molecule has 2 aromatic carbocycles. The number of aromatic hydroxyl groups is 1. The van der Waals surface area contributed by atoms with Gasteiger partial charge in [0.15, 0.2) is 0 Å². The van der Waals surface area contributed by atoms with Crippen LogP contribution in [-0.4, -0.2) is 10.1 Å². The predicted octanol–water partition coefficient (Wildman–Crippen LogP) is 5.20. The average molecular weight is 332 g/mol. The molecule has 2 N–H and O–H groups in total. The molecular weight excluding hydrogens is 316 g/mol. The van der Waals surface area contributed by atoms with Gasteiger partial charge in [0.05, 0.1) is 6.04 Å². The van der Waals surface area contributed by atoms with Crippen LogP contribution in [0, 0.1) is 0 Å². The van der Waals surface area contributed by atoms with Gasteiger partial charge in [0.1, 0.15) is 11.3 Å². The number of pyridine rings is 1. The standard InChI is InChI=1S/C20H16N2OS/c23-20-16(11-10-14-6-4-12-21-18(14)20)19(17-9-5-13-24-17)22-15-7-2-1-3-8-15/h1-13,19,22-23H. The molecule has 1 unspecified atom stereocenters. The summed E-state index contributed by atoms with van der Waals surface area (Å²) in [7, 11) is 0. The van der Waals surface area contributed by atoms with Gasteiger partial charge in [0.25, 0.3) is 0 Å². The molecule has 0 bridgehead atoms. The third-order valence-corrected chi connectivity index (χ3v) is 4.94. The van der Waals surface area contributed by atoms with Crippen molar-refractivity contribution in [2.75, 3.05) is 5.32 Å². The number of hydrogen-bond donors (Lipinski definition) is 2. The van der Waals surface area contributed by atoms with Crippen LogP contribution in [-0.2, 0) is 0 Å². The molecule has 0 aliphatic rings. The van der Waals surface area contributed by atoms with Gasteiger partial charge in [-0.05, 0) is 29.6 Å². The molecule has 2 heterocycles. The fourth-order valence-electron chi connectivity index (χ4n) is 2.84. The quantitative estimate of drug-likeness (QED) is 0.539. The van der Waals surface area contributed by atoms with E-state index in [2.05, 4.69) is 16.4 Å². The molecule has 0 aliphatic heterocycles. The number of benzene rings is 2. The van der Waals surface area contributed by atoms with E-state index >= 15 is 0 Å². The van der Waals surface area contributed by atoms with Crippen molar-refractivity contribution >= 4 is 27.9 Å². The highest BCUT2D eigenvalue weighted by Gasteiger charge is 2.20. The molecule has 0 saturated carbocycles. The Hall–Kier alpha value is -2.85. The number of hydrogen-bond acceptors (Lipinski definition) is 4. The number of phenolic OH excluding ortho intramolecular Hbond substituents is 1. The summed E-state index contributed by atoms with van der Waals surface area (Å²) in [6.45, 7) is 0. The summed E-state index contributed by atoms with van der Waals surface area (Å²) >= 11 is 1.67. The molecule has 24 heavy (non-hydrogen) atoms. The highest BCUT2D eigenvalue weighted by Crippen LogP contribution is 2.37. The van der Waals surface area contributed by atoms with Crippen molar-refractivity contribution in [1.82, 2.24) is 4.98 Å². The highest BCUT2D eigenvalue weighted by atomic mass is 32.1. The Labute approximate surface area is 144 Å². The molecular formula is C20H16N2OS. The average Bonchev–Trinajstić information content (AvgIpc) is 3.16. The summed E-state index contributed by atoms with van der Waals surface area (Å²) in [5.74, 6) is 0.231. The largest absolute Gasteiger partial charge is 0.505 e. The minimum absolute atomic E-state index is 0.126. The van der Waals surface area contributed by atoms with Crippen molar-refractivity contribution in [3.05, 3.63) is 88.7 Å². The van der Waals surface area contributed by atoms with Crippen molar-refractivity contribution in [3.8, 4) is 5.75 Å².